The predicted molar refractivity (Wildman–Crippen MR) is 87.0 cm³/mol. The van der Waals surface area contributed by atoms with Crippen molar-refractivity contribution in [1.82, 2.24) is 4.98 Å². The summed E-state index contributed by atoms with van der Waals surface area (Å²) in [5, 5.41) is 12.2. The molecule has 0 aliphatic carbocycles. The molecule has 1 N–H and O–H groups in total. The third-order valence-electron chi connectivity index (χ3n) is 2.95. The van der Waals surface area contributed by atoms with Crippen molar-refractivity contribution in [3.05, 3.63) is 49.6 Å². The lowest BCUT2D eigenvalue weighted by atomic mass is 10.1. The van der Waals surface area contributed by atoms with Crippen LogP contribution in [0.1, 0.15) is 10.4 Å². The Bertz CT molecular complexity index is 876. The van der Waals surface area contributed by atoms with Gasteiger partial charge in [-0.25, -0.2) is 9.78 Å². The molecule has 0 aliphatic rings. The Kier molecular flexibility index (Phi) is 3.80. The molecule has 3 aromatic rings. The second kappa shape index (κ2) is 5.46. The zero-order valence-corrected chi connectivity index (χ0v) is 13.3. The number of aromatic carboxylic acids is 1. The number of carbonyl (C=O) groups is 1. The first-order chi connectivity index (χ1) is 9.97. The van der Waals surface area contributed by atoms with Crippen LogP contribution in [0.15, 0.2) is 29.6 Å². The van der Waals surface area contributed by atoms with Crippen LogP contribution in [0.3, 0.4) is 0 Å². The van der Waals surface area contributed by atoms with E-state index in [1.165, 1.54) is 17.4 Å². The SMILES string of the molecule is O=C(O)c1cc(-c2csc(Cl)c2)nc2c(Cl)ccc(Cl)c12. The van der Waals surface area contributed by atoms with E-state index in [1.807, 2.05) is 0 Å². The molecule has 0 spiro atoms. The van der Waals surface area contributed by atoms with Gasteiger partial charge in [0.25, 0.3) is 0 Å². The van der Waals surface area contributed by atoms with Gasteiger partial charge < -0.3 is 5.11 Å². The number of fused-ring (bicyclic) bond motifs is 1. The Morgan fingerprint density at radius 3 is 2.48 bits per heavy atom. The number of halogens is 3. The summed E-state index contributed by atoms with van der Waals surface area (Å²) >= 11 is 19.5. The van der Waals surface area contributed by atoms with Crippen LogP contribution in [0.25, 0.3) is 22.2 Å². The normalized spacial score (nSPS) is 11.0. The minimum atomic E-state index is -1.09. The number of pyridine rings is 1. The molecule has 1 aromatic carbocycles. The highest BCUT2D eigenvalue weighted by atomic mass is 35.5. The van der Waals surface area contributed by atoms with Crippen molar-refractivity contribution >= 4 is 63.0 Å². The zero-order valence-electron chi connectivity index (χ0n) is 10.2. The number of benzene rings is 1. The van der Waals surface area contributed by atoms with Gasteiger partial charge in [-0.2, -0.15) is 0 Å². The molecule has 0 radical (unpaired) electrons. The van der Waals surface area contributed by atoms with E-state index in [0.717, 1.165) is 5.56 Å². The van der Waals surface area contributed by atoms with Crippen LogP contribution in [0, 0.1) is 0 Å². The Hall–Kier alpha value is -1.33. The standard InChI is InChI=1S/C14H6Cl3NO2S/c15-8-1-2-9(16)13-12(8)7(14(19)20)4-10(18-13)6-3-11(17)21-5-6/h1-5H,(H,19,20). The van der Waals surface area contributed by atoms with E-state index in [4.69, 9.17) is 34.8 Å². The van der Waals surface area contributed by atoms with E-state index in [1.54, 1.807) is 23.6 Å². The first-order valence-corrected chi connectivity index (χ1v) is 7.75. The lowest BCUT2D eigenvalue weighted by Crippen LogP contribution is -2.01. The molecule has 0 aliphatic heterocycles. The molecule has 0 saturated heterocycles. The molecule has 2 heterocycles. The number of thiophene rings is 1. The van der Waals surface area contributed by atoms with Crippen molar-refractivity contribution in [1.29, 1.82) is 0 Å². The number of nitrogens with zero attached hydrogens (tertiary/aromatic N) is 1. The van der Waals surface area contributed by atoms with Crippen molar-refractivity contribution < 1.29 is 9.90 Å². The lowest BCUT2D eigenvalue weighted by molar-refractivity contribution is 0.0699. The van der Waals surface area contributed by atoms with Crippen molar-refractivity contribution in [3.63, 3.8) is 0 Å². The van der Waals surface area contributed by atoms with Gasteiger partial charge in [-0.05, 0) is 24.3 Å². The largest absolute Gasteiger partial charge is 0.478 e. The fraction of sp³-hybridized carbons (Fsp3) is 0. The molecular weight excluding hydrogens is 353 g/mol. The third kappa shape index (κ3) is 2.60. The van der Waals surface area contributed by atoms with E-state index in [9.17, 15) is 9.90 Å². The molecular formula is C14H6Cl3NO2S. The summed E-state index contributed by atoms with van der Waals surface area (Å²) in [6.45, 7) is 0. The summed E-state index contributed by atoms with van der Waals surface area (Å²) in [4.78, 5) is 15.9. The molecule has 0 fully saturated rings. The van der Waals surface area contributed by atoms with E-state index in [0.29, 0.717) is 31.0 Å². The van der Waals surface area contributed by atoms with Crippen LogP contribution < -0.4 is 0 Å². The van der Waals surface area contributed by atoms with Crippen LogP contribution in [0.5, 0.6) is 0 Å². The highest BCUT2D eigenvalue weighted by Crippen LogP contribution is 2.35. The van der Waals surface area contributed by atoms with Gasteiger partial charge in [0, 0.05) is 16.3 Å². The quantitative estimate of drug-likeness (QED) is 0.646. The minimum absolute atomic E-state index is 0.0600. The second-order valence-corrected chi connectivity index (χ2v) is 6.61. The maximum atomic E-state index is 11.5. The van der Waals surface area contributed by atoms with Gasteiger partial charge in [-0.15, -0.1) is 11.3 Å². The van der Waals surface area contributed by atoms with Crippen LogP contribution in [-0.4, -0.2) is 16.1 Å². The molecule has 0 saturated carbocycles. The summed E-state index contributed by atoms with van der Waals surface area (Å²) in [6, 6.07) is 6.35. The van der Waals surface area contributed by atoms with Gasteiger partial charge in [0.2, 0.25) is 0 Å². The highest BCUT2D eigenvalue weighted by molar-refractivity contribution is 7.14. The summed E-state index contributed by atoms with van der Waals surface area (Å²) in [5.74, 6) is -1.09. The molecule has 0 atom stereocenters. The zero-order chi connectivity index (χ0) is 15.1. The van der Waals surface area contributed by atoms with E-state index < -0.39 is 5.97 Å². The van der Waals surface area contributed by atoms with Crippen molar-refractivity contribution in [2.45, 2.75) is 0 Å². The maximum absolute atomic E-state index is 11.5. The number of carboxylic acids is 1. The molecule has 0 amide bonds. The minimum Gasteiger partial charge on any atom is -0.478 e. The average molecular weight is 359 g/mol. The summed E-state index contributed by atoms with van der Waals surface area (Å²) in [6.07, 6.45) is 0. The van der Waals surface area contributed by atoms with Gasteiger partial charge in [0.05, 0.1) is 31.2 Å². The Balaban J connectivity index is 2.40. The molecule has 7 heteroatoms. The fourth-order valence-electron chi connectivity index (χ4n) is 2.03. The molecule has 0 bridgehead atoms. The summed E-state index contributed by atoms with van der Waals surface area (Å²) in [5.41, 5.74) is 1.66. The van der Waals surface area contributed by atoms with Crippen molar-refractivity contribution in [2.24, 2.45) is 0 Å². The smallest absolute Gasteiger partial charge is 0.336 e. The molecule has 0 unspecified atom stereocenters. The average Bonchev–Trinajstić information content (AvgIpc) is 2.88. The number of hydrogen-bond donors (Lipinski definition) is 1. The molecule has 2 aromatic heterocycles. The molecule has 3 nitrogen and oxygen atoms in total. The van der Waals surface area contributed by atoms with Crippen molar-refractivity contribution in [2.75, 3.05) is 0 Å². The monoisotopic (exact) mass is 357 g/mol. The summed E-state index contributed by atoms with van der Waals surface area (Å²) in [7, 11) is 0. The fourth-order valence-corrected chi connectivity index (χ4v) is 3.36. The topological polar surface area (TPSA) is 50.2 Å². The van der Waals surface area contributed by atoms with Crippen molar-refractivity contribution in [3.8, 4) is 11.3 Å². The Labute approximate surface area is 138 Å². The molecule has 21 heavy (non-hydrogen) atoms. The Morgan fingerprint density at radius 2 is 1.86 bits per heavy atom. The first kappa shape index (κ1) is 14.6. The number of aromatic nitrogens is 1. The number of carboxylic acid groups (broad SMARTS) is 1. The van der Waals surface area contributed by atoms with Crippen LogP contribution in [0.4, 0.5) is 0 Å². The van der Waals surface area contributed by atoms with Gasteiger partial charge in [-0.1, -0.05) is 34.8 Å². The van der Waals surface area contributed by atoms with Gasteiger partial charge >= 0.3 is 5.97 Å². The van der Waals surface area contributed by atoms with E-state index in [-0.39, 0.29) is 5.56 Å². The van der Waals surface area contributed by atoms with Gasteiger partial charge in [0.1, 0.15) is 0 Å². The maximum Gasteiger partial charge on any atom is 0.336 e. The number of rotatable bonds is 2. The van der Waals surface area contributed by atoms with Gasteiger partial charge in [-0.3, -0.25) is 0 Å². The second-order valence-electron chi connectivity index (χ2n) is 4.25. The third-order valence-corrected chi connectivity index (χ3v) is 4.67. The highest BCUT2D eigenvalue weighted by Gasteiger charge is 2.17. The lowest BCUT2D eigenvalue weighted by Gasteiger charge is -2.08. The summed E-state index contributed by atoms with van der Waals surface area (Å²) < 4.78 is 0.598. The van der Waals surface area contributed by atoms with Crippen LogP contribution >= 0.6 is 46.1 Å². The Morgan fingerprint density at radius 1 is 1.14 bits per heavy atom. The van der Waals surface area contributed by atoms with E-state index in [2.05, 4.69) is 4.98 Å². The molecule has 106 valence electrons. The number of hydrogen-bond acceptors (Lipinski definition) is 3. The first-order valence-electron chi connectivity index (χ1n) is 5.74. The van der Waals surface area contributed by atoms with Crippen LogP contribution in [0.2, 0.25) is 14.4 Å². The van der Waals surface area contributed by atoms with Crippen LogP contribution in [-0.2, 0) is 0 Å². The predicted octanol–water partition coefficient (Wildman–Crippen LogP) is 5.62. The molecule has 3 rings (SSSR count). The van der Waals surface area contributed by atoms with E-state index >= 15 is 0 Å². The van der Waals surface area contributed by atoms with Gasteiger partial charge in [0.15, 0.2) is 0 Å².